The van der Waals surface area contributed by atoms with Gasteiger partial charge in [-0.15, -0.1) is 0 Å². The monoisotopic (exact) mass is 290 g/mol. The van der Waals surface area contributed by atoms with Crippen LogP contribution in [0.4, 0.5) is 0 Å². The lowest BCUT2D eigenvalue weighted by Gasteiger charge is -2.48. The van der Waals surface area contributed by atoms with E-state index < -0.39 is 0 Å². The lowest BCUT2D eigenvalue weighted by molar-refractivity contribution is -0.0364. The molecular weight excluding hydrogens is 264 g/mol. The van der Waals surface area contributed by atoms with Crippen molar-refractivity contribution in [2.45, 2.75) is 44.2 Å². The Kier molecular flexibility index (Phi) is 4.54. The van der Waals surface area contributed by atoms with Crippen LogP contribution in [0.2, 0.25) is 0 Å². The molecule has 0 bridgehead atoms. The maximum Gasteiger partial charge on any atom is 0.0659 e. The molecule has 1 aromatic heterocycles. The molecule has 5 nitrogen and oxygen atoms in total. The molecule has 1 atom stereocenters. The van der Waals surface area contributed by atoms with Crippen molar-refractivity contribution in [3.63, 3.8) is 0 Å². The number of nitrogens with zero attached hydrogens (tertiary/aromatic N) is 2. The number of pyridine rings is 1. The fourth-order valence-electron chi connectivity index (χ4n) is 4.08. The Bertz CT molecular complexity index is 467. The van der Waals surface area contributed by atoms with Gasteiger partial charge in [0.25, 0.3) is 0 Å². The van der Waals surface area contributed by atoms with Crippen LogP contribution in [0.3, 0.4) is 0 Å². The molecule has 1 saturated carbocycles. The molecule has 116 valence electrons. The second-order valence-electron chi connectivity index (χ2n) is 6.31. The van der Waals surface area contributed by atoms with E-state index in [4.69, 9.17) is 10.6 Å². The lowest BCUT2D eigenvalue weighted by atomic mass is 9.82. The Morgan fingerprint density at radius 1 is 1.29 bits per heavy atom. The van der Waals surface area contributed by atoms with Gasteiger partial charge in [0.2, 0.25) is 0 Å². The third-order valence-electron chi connectivity index (χ3n) is 5.04. The minimum atomic E-state index is 0.105. The van der Waals surface area contributed by atoms with E-state index in [2.05, 4.69) is 28.3 Å². The molecule has 0 radical (unpaired) electrons. The van der Waals surface area contributed by atoms with Crippen LogP contribution in [0.1, 0.15) is 42.9 Å². The quantitative estimate of drug-likeness (QED) is 0.650. The molecule has 0 amide bonds. The van der Waals surface area contributed by atoms with Crippen molar-refractivity contribution in [1.82, 2.24) is 15.3 Å². The molecule has 1 aromatic rings. The first-order valence-electron chi connectivity index (χ1n) is 7.97. The largest absolute Gasteiger partial charge is 0.379 e. The Morgan fingerprint density at radius 2 is 2.00 bits per heavy atom. The number of rotatable bonds is 4. The van der Waals surface area contributed by atoms with Gasteiger partial charge in [0, 0.05) is 31.0 Å². The van der Waals surface area contributed by atoms with Crippen LogP contribution in [0.15, 0.2) is 18.5 Å². The highest BCUT2D eigenvalue weighted by atomic mass is 16.5. The molecule has 3 N–H and O–H groups in total. The minimum Gasteiger partial charge on any atom is -0.379 e. The van der Waals surface area contributed by atoms with Crippen LogP contribution in [0.25, 0.3) is 0 Å². The van der Waals surface area contributed by atoms with Gasteiger partial charge < -0.3 is 4.74 Å². The van der Waals surface area contributed by atoms with E-state index in [1.807, 2.05) is 12.4 Å². The van der Waals surface area contributed by atoms with E-state index in [9.17, 15) is 0 Å². The summed E-state index contributed by atoms with van der Waals surface area (Å²) in [6, 6.07) is 2.34. The second-order valence-corrected chi connectivity index (χ2v) is 6.31. The van der Waals surface area contributed by atoms with Crippen LogP contribution in [0, 0.1) is 6.92 Å². The van der Waals surface area contributed by atoms with E-state index in [-0.39, 0.29) is 11.6 Å². The molecular formula is C16H26N4O. The highest BCUT2D eigenvalue weighted by Gasteiger charge is 2.46. The average Bonchev–Trinajstić information content (AvgIpc) is 3.00. The van der Waals surface area contributed by atoms with Gasteiger partial charge in [-0.25, -0.2) is 0 Å². The van der Waals surface area contributed by atoms with Crippen molar-refractivity contribution < 1.29 is 4.74 Å². The zero-order valence-electron chi connectivity index (χ0n) is 12.8. The maximum absolute atomic E-state index is 5.99. The first kappa shape index (κ1) is 14.9. The Balaban J connectivity index is 1.93. The smallest absolute Gasteiger partial charge is 0.0659 e. The molecule has 5 heteroatoms. The van der Waals surface area contributed by atoms with Crippen molar-refractivity contribution in [1.29, 1.82) is 0 Å². The van der Waals surface area contributed by atoms with E-state index in [1.54, 1.807) is 0 Å². The molecule has 1 aliphatic heterocycles. The van der Waals surface area contributed by atoms with E-state index in [1.165, 1.54) is 36.8 Å². The summed E-state index contributed by atoms with van der Waals surface area (Å²) in [6.07, 6.45) is 8.78. The number of nitrogens with one attached hydrogen (secondary N) is 1. The maximum atomic E-state index is 5.99. The normalized spacial score (nSPS) is 24.1. The summed E-state index contributed by atoms with van der Waals surface area (Å²) in [5.74, 6) is 5.99. The molecule has 0 aromatic carbocycles. The first-order valence-corrected chi connectivity index (χ1v) is 7.97. The third kappa shape index (κ3) is 2.83. The highest BCUT2D eigenvalue weighted by molar-refractivity contribution is 5.25. The summed E-state index contributed by atoms with van der Waals surface area (Å²) >= 11 is 0. The summed E-state index contributed by atoms with van der Waals surface area (Å²) in [5.41, 5.74) is 5.59. The fraction of sp³-hybridized carbons (Fsp3) is 0.688. The summed E-state index contributed by atoms with van der Waals surface area (Å²) in [7, 11) is 0. The first-order chi connectivity index (χ1) is 10.3. The van der Waals surface area contributed by atoms with E-state index in [0.717, 1.165) is 26.3 Å². The zero-order valence-corrected chi connectivity index (χ0v) is 12.8. The molecule has 1 aliphatic carbocycles. The number of nitrogens with two attached hydrogens (primary N) is 1. The fourth-order valence-corrected chi connectivity index (χ4v) is 4.08. The topological polar surface area (TPSA) is 63.4 Å². The third-order valence-corrected chi connectivity index (χ3v) is 5.04. The van der Waals surface area contributed by atoms with Crippen LogP contribution in [0.5, 0.6) is 0 Å². The van der Waals surface area contributed by atoms with Crippen LogP contribution >= 0.6 is 0 Å². The number of hydrogen-bond donors (Lipinski definition) is 2. The summed E-state index contributed by atoms with van der Waals surface area (Å²) in [4.78, 5) is 6.96. The molecule has 3 rings (SSSR count). The Morgan fingerprint density at radius 3 is 2.62 bits per heavy atom. The van der Waals surface area contributed by atoms with Gasteiger partial charge in [-0.1, -0.05) is 18.9 Å². The molecule has 2 fully saturated rings. The van der Waals surface area contributed by atoms with Crippen LogP contribution < -0.4 is 11.3 Å². The number of hydrogen-bond acceptors (Lipinski definition) is 5. The van der Waals surface area contributed by atoms with Gasteiger partial charge in [0.1, 0.15) is 0 Å². The van der Waals surface area contributed by atoms with Crippen molar-refractivity contribution in [2.24, 2.45) is 5.84 Å². The molecule has 0 spiro atoms. The van der Waals surface area contributed by atoms with Gasteiger partial charge in [-0.05, 0) is 30.9 Å². The highest BCUT2D eigenvalue weighted by Crippen LogP contribution is 2.44. The Labute approximate surface area is 126 Å². The number of morpholine rings is 1. The molecule has 1 saturated heterocycles. The minimum absolute atomic E-state index is 0.105. The van der Waals surface area contributed by atoms with Gasteiger partial charge in [0.15, 0.2) is 0 Å². The van der Waals surface area contributed by atoms with Gasteiger partial charge in [-0.2, -0.15) is 0 Å². The summed E-state index contributed by atoms with van der Waals surface area (Å²) in [5, 5.41) is 0. The van der Waals surface area contributed by atoms with Gasteiger partial charge in [-0.3, -0.25) is 21.2 Å². The predicted octanol–water partition coefficient (Wildman–Crippen LogP) is 1.54. The second kappa shape index (κ2) is 6.40. The molecule has 2 aliphatic rings. The molecule has 1 unspecified atom stereocenters. The van der Waals surface area contributed by atoms with Crippen molar-refractivity contribution in [3.05, 3.63) is 29.6 Å². The lowest BCUT2D eigenvalue weighted by Crippen LogP contribution is -2.59. The van der Waals surface area contributed by atoms with E-state index in [0.29, 0.717) is 0 Å². The molecule has 2 heterocycles. The van der Waals surface area contributed by atoms with Crippen LogP contribution in [-0.2, 0) is 4.74 Å². The van der Waals surface area contributed by atoms with Crippen LogP contribution in [-0.4, -0.2) is 41.7 Å². The van der Waals surface area contributed by atoms with Crippen molar-refractivity contribution in [2.75, 3.05) is 26.3 Å². The van der Waals surface area contributed by atoms with Crippen molar-refractivity contribution in [3.8, 4) is 0 Å². The summed E-state index contributed by atoms with van der Waals surface area (Å²) in [6.45, 7) is 5.73. The number of hydrazine groups is 1. The summed E-state index contributed by atoms with van der Waals surface area (Å²) < 4.78 is 5.54. The van der Waals surface area contributed by atoms with Gasteiger partial charge in [0.05, 0.1) is 19.3 Å². The van der Waals surface area contributed by atoms with E-state index >= 15 is 0 Å². The number of aryl methyl sites for hydroxylation is 1. The predicted molar refractivity (Wildman–Crippen MR) is 82.6 cm³/mol. The number of aromatic nitrogens is 1. The average molecular weight is 290 g/mol. The van der Waals surface area contributed by atoms with Crippen molar-refractivity contribution >= 4 is 0 Å². The SMILES string of the molecule is Cc1cncc(C(NN)C2(N3CCOCC3)CCCC2)c1. The standard InChI is InChI=1S/C16H26N4O/c1-13-10-14(12-18-11-13)15(19-17)16(4-2-3-5-16)20-6-8-21-9-7-20/h10-12,15,19H,2-9,17H2,1H3. The Hall–Kier alpha value is -1.01. The molecule has 21 heavy (non-hydrogen) atoms. The van der Waals surface area contributed by atoms with Gasteiger partial charge >= 0.3 is 0 Å². The number of ether oxygens (including phenoxy) is 1. The zero-order chi connectivity index (χ0) is 14.7.